The van der Waals surface area contributed by atoms with Crippen molar-refractivity contribution in [3.05, 3.63) is 35.9 Å². The van der Waals surface area contributed by atoms with E-state index in [2.05, 4.69) is 54.4 Å². The minimum atomic E-state index is 0.531. The van der Waals surface area contributed by atoms with Gasteiger partial charge in [-0.2, -0.15) is 0 Å². The maximum absolute atomic E-state index is 3.43. The highest BCUT2D eigenvalue weighted by atomic mass is 15.2. The third-order valence-electron chi connectivity index (χ3n) is 3.33. The quantitative estimate of drug-likeness (QED) is 0.793. The predicted molar refractivity (Wildman–Crippen MR) is 63.9 cm³/mol. The summed E-state index contributed by atoms with van der Waals surface area (Å²) in [5, 5.41) is 3.43. The normalized spacial score (nSPS) is 25.1. The molecule has 2 nitrogen and oxygen atoms in total. The van der Waals surface area contributed by atoms with Crippen molar-refractivity contribution in [1.29, 1.82) is 0 Å². The molecule has 0 aliphatic carbocycles. The highest BCUT2D eigenvalue weighted by Gasteiger charge is 2.23. The van der Waals surface area contributed by atoms with Crippen LogP contribution in [-0.2, 0) is 0 Å². The SMILES string of the molecule is CC(c1ccccc1)N1CCNC[C@@H]1C. The van der Waals surface area contributed by atoms with Crippen molar-refractivity contribution in [2.75, 3.05) is 19.6 Å². The van der Waals surface area contributed by atoms with Crippen LogP contribution in [-0.4, -0.2) is 30.6 Å². The van der Waals surface area contributed by atoms with E-state index in [1.54, 1.807) is 0 Å². The molecule has 1 heterocycles. The maximum Gasteiger partial charge on any atom is 0.0323 e. The topological polar surface area (TPSA) is 15.3 Å². The van der Waals surface area contributed by atoms with E-state index in [0.717, 1.165) is 19.6 Å². The van der Waals surface area contributed by atoms with Crippen molar-refractivity contribution in [3.8, 4) is 0 Å². The predicted octanol–water partition coefficient (Wildman–Crippen LogP) is 2.04. The van der Waals surface area contributed by atoms with Gasteiger partial charge in [0.05, 0.1) is 0 Å². The van der Waals surface area contributed by atoms with Crippen molar-refractivity contribution >= 4 is 0 Å². The monoisotopic (exact) mass is 204 g/mol. The standard InChI is InChI=1S/C13H20N2/c1-11-10-14-8-9-15(11)12(2)13-6-4-3-5-7-13/h3-7,11-12,14H,8-10H2,1-2H3/t11-,12?/m0/s1. The minimum Gasteiger partial charge on any atom is -0.314 e. The minimum absolute atomic E-state index is 0.531. The molecule has 2 heteroatoms. The van der Waals surface area contributed by atoms with Crippen molar-refractivity contribution in [2.24, 2.45) is 0 Å². The third kappa shape index (κ3) is 2.39. The molecule has 1 aliphatic rings. The van der Waals surface area contributed by atoms with Crippen LogP contribution in [0.15, 0.2) is 30.3 Å². The summed E-state index contributed by atoms with van der Waals surface area (Å²) in [6, 6.07) is 11.9. The average Bonchev–Trinajstić information content (AvgIpc) is 2.30. The lowest BCUT2D eigenvalue weighted by Crippen LogP contribution is -2.50. The van der Waals surface area contributed by atoms with Gasteiger partial charge in [0.2, 0.25) is 0 Å². The van der Waals surface area contributed by atoms with Crippen LogP contribution in [0.5, 0.6) is 0 Å². The Labute approximate surface area is 92.3 Å². The van der Waals surface area contributed by atoms with E-state index in [1.165, 1.54) is 5.56 Å². The zero-order chi connectivity index (χ0) is 10.7. The highest BCUT2D eigenvalue weighted by molar-refractivity contribution is 5.18. The molecular formula is C13H20N2. The first-order valence-electron chi connectivity index (χ1n) is 5.80. The molecule has 15 heavy (non-hydrogen) atoms. The summed E-state index contributed by atoms with van der Waals surface area (Å²) in [7, 11) is 0. The molecule has 1 aromatic carbocycles. The molecular weight excluding hydrogens is 184 g/mol. The number of rotatable bonds is 2. The third-order valence-corrected chi connectivity index (χ3v) is 3.33. The van der Waals surface area contributed by atoms with E-state index in [0.29, 0.717) is 12.1 Å². The van der Waals surface area contributed by atoms with Crippen LogP contribution >= 0.6 is 0 Å². The van der Waals surface area contributed by atoms with Crippen LogP contribution in [0.2, 0.25) is 0 Å². The van der Waals surface area contributed by atoms with Crippen LogP contribution in [0, 0.1) is 0 Å². The molecule has 2 rings (SSSR count). The first-order valence-corrected chi connectivity index (χ1v) is 5.80. The lowest BCUT2D eigenvalue weighted by Gasteiger charge is -2.38. The molecule has 1 aliphatic heterocycles. The van der Waals surface area contributed by atoms with Gasteiger partial charge >= 0.3 is 0 Å². The molecule has 1 aromatic rings. The molecule has 0 amide bonds. The van der Waals surface area contributed by atoms with E-state index < -0.39 is 0 Å². The Morgan fingerprint density at radius 2 is 2.07 bits per heavy atom. The van der Waals surface area contributed by atoms with Crippen molar-refractivity contribution < 1.29 is 0 Å². The molecule has 0 spiro atoms. The fourth-order valence-electron chi connectivity index (χ4n) is 2.36. The van der Waals surface area contributed by atoms with Gasteiger partial charge in [0.1, 0.15) is 0 Å². The molecule has 0 radical (unpaired) electrons. The van der Waals surface area contributed by atoms with E-state index >= 15 is 0 Å². The zero-order valence-electron chi connectivity index (χ0n) is 9.61. The summed E-state index contributed by atoms with van der Waals surface area (Å²) in [5.74, 6) is 0. The van der Waals surface area contributed by atoms with Gasteiger partial charge in [0.15, 0.2) is 0 Å². The van der Waals surface area contributed by atoms with Gasteiger partial charge in [-0.15, -0.1) is 0 Å². The van der Waals surface area contributed by atoms with E-state index in [1.807, 2.05) is 0 Å². The Balaban J connectivity index is 2.09. The first-order chi connectivity index (χ1) is 7.29. The average molecular weight is 204 g/mol. The number of benzene rings is 1. The van der Waals surface area contributed by atoms with Crippen LogP contribution in [0.25, 0.3) is 0 Å². The molecule has 0 aromatic heterocycles. The van der Waals surface area contributed by atoms with E-state index in [9.17, 15) is 0 Å². The highest BCUT2D eigenvalue weighted by Crippen LogP contribution is 2.22. The molecule has 2 atom stereocenters. The molecule has 1 saturated heterocycles. The maximum atomic E-state index is 3.43. The fourth-order valence-corrected chi connectivity index (χ4v) is 2.36. The van der Waals surface area contributed by atoms with Gasteiger partial charge in [-0.3, -0.25) is 4.90 Å². The van der Waals surface area contributed by atoms with Gasteiger partial charge in [0, 0.05) is 31.7 Å². The Kier molecular flexibility index (Phi) is 3.39. The van der Waals surface area contributed by atoms with Crippen LogP contribution in [0.1, 0.15) is 25.5 Å². The Morgan fingerprint density at radius 3 is 2.73 bits per heavy atom. The summed E-state index contributed by atoms with van der Waals surface area (Å²) in [6.07, 6.45) is 0. The molecule has 1 unspecified atom stereocenters. The van der Waals surface area contributed by atoms with E-state index in [-0.39, 0.29) is 0 Å². The summed E-state index contributed by atoms with van der Waals surface area (Å²) in [5.41, 5.74) is 1.42. The van der Waals surface area contributed by atoms with Gasteiger partial charge in [-0.1, -0.05) is 30.3 Å². The smallest absolute Gasteiger partial charge is 0.0323 e. The van der Waals surface area contributed by atoms with Crippen molar-refractivity contribution in [3.63, 3.8) is 0 Å². The lowest BCUT2D eigenvalue weighted by atomic mass is 10.0. The van der Waals surface area contributed by atoms with Gasteiger partial charge < -0.3 is 5.32 Å². The molecule has 0 saturated carbocycles. The van der Waals surface area contributed by atoms with Crippen LogP contribution in [0.3, 0.4) is 0 Å². The second kappa shape index (κ2) is 4.77. The summed E-state index contributed by atoms with van der Waals surface area (Å²) in [4.78, 5) is 2.58. The van der Waals surface area contributed by atoms with Crippen LogP contribution in [0.4, 0.5) is 0 Å². The number of nitrogens with one attached hydrogen (secondary N) is 1. The summed E-state index contributed by atoms with van der Waals surface area (Å²) < 4.78 is 0. The Bertz CT molecular complexity index is 297. The summed E-state index contributed by atoms with van der Waals surface area (Å²) >= 11 is 0. The second-order valence-corrected chi connectivity index (χ2v) is 4.38. The Morgan fingerprint density at radius 1 is 1.33 bits per heavy atom. The second-order valence-electron chi connectivity index (χ2n) is 4.38. The largest absolute Gasteiger partial charge is 0.314 e. The number of nitrogens with zero attached hydrogens (tertiary/aromatic N) is 1. The lowest BCUT2D eigenvalue weighted by molar-refractivity contribution is 0.126. The fraction of sp³-hybridized carbons (Fsp3) is 0.538. The van der Waals surface area contributed by atoms with Gasteiger partial charge in [-0.05, 0) is 19.4 Å². The number of hydrogen-bond donors (Lipinski definition) is 1. The molecule has 82 valence electrons. The number of hydrogen-bond acceptors (Lipinski definition) is 2. The van der Waals surface area contributed by atoms with Crippen molar-refractivity contribution in [2.45, 2.75) is 25.9 Å². The first kappa shape index (κ1) is 10.7. The molecule has 1 N–H and O–H groups in total. The number of piperazine rings is 1. The van der Waals surface area contributed by atoms with Gasteiger partial charge in [0.25, 0.3) is 0 Å². The molecule has 0 bridgehead atoms. The molecule has 1 fully saturated rings. The Hall–Kier alpha value is -0.860. The van der Waals surface area contributed by atoms with Crippen molar-refractivity contribution in [1.82, 2.24) is 10.2 Å². The van der Waals surface area contributed by atoms with Crippen LogP contribution < -0.4 is 5.32 Å². The van der Waals surface area contributed by atoms with Gasteiger partial charge in [-0.25, -0.2) is 0 Å². The van der Waals surface area contributed by atoms with E-state index in [4.69, 9.17) is 0 Å². The zero-order valence-corrected chi connectivity index (χ0v) is 9.61. The summed E-state index contributed by atoms with van der Waals surface area (Å²) in [6.45, 7) is 7.97.